The van der Waals surface area contributed by atoms with Crippen LogP contribution in [0.15, 0.2) is 66.9 Å². The number of halogens is 1. The maximum absolute atomic E-state index is 13.3. The number of aliphatic hydroxyl groups excluding tert-OH is 1. The van der Waals surface area contributed by atoms with Crippen LogP contribution >= 0.6 is 0 Å². The van der Waals surface area contributed by atoms with Crippen LogP contribution in [0.5, 0.6) is 17.2 Å². The van der Waals surface area contributed by atoms with Crippen LogP contribution in [-0.2, 0) is 4.79 Å². The molecule has 0 saturated heterocycles. The van der Waals surface area contributed by atoms with E-state index in [9.17, 15) is 14.3 Å². The van der Waals surface area contributed by atoms with Gasteiger partial charge in [0.15, 0.2) is 11.5 Å². The van der Waals surface area contributed by atoms with Gasteiger partial charge in [-0.15, -0.1) is 0 Å². The van der Waals surface area contributed by atoms with Gasteiger partial charge in [-0.2, -0.15) is 5.10 Å². The molecule has 9 heteroatoms. The minimum Gasteiger partial charge on any atom is -0.486 e. The van der Waals surface area contributed by atoms with E-state index in [1.54, 1.807) is 29.9 Å². The fraction of sp³-hybridized carbons (Fsp3) is 0.231. The van der Waals surface area contributed by atoms with Gasteiger partial charge in [-0.1, -0.05) is 6.07 Å². The monoisotopic (exact) mass is 477 g/mol. The number of hydrogen-bond donors (Lipinski definition) is 2. The lowest BCUT2D eigenvalue weighted by Gasteiger charge is -2.28. The lowest BCUT2D eigenvalue weighted by molar-refractivity contribution is -0.125. The fourth-order valence-corrected chi connectivity index (χ4v) is 4.09. The van der Waals surface area contributed by atoms with E-state index in [0.717, 1.165) is 22.2 Å². The van der Waals surface area contributed by atoms with Crippen LogP contribution in [0.25, 0.3) is 16.6 Å². The molecule has 180 valence electrons. The summed E-state index contributed by atoms with van der Waals surface area (Å²) < 4.78 is 32.7. The van der Waals surface area contributed by atoms with Crippen LogP contribution in [0, 0.1) is 5.82 Å². The number of rotatable bonds is 7. The van der Waals surface area contributed by atoms with Crippen molar-refractivity contribution in [3.05, 3.63) is 78.2 Å². The maximum Gasteiger partial charge on any atom is 0.246 e. The standard InChI is InChI=1S/C26H24FN3O5/c1-16(29-25(32)15-31)26(17-2-9-23-24(13-17)34-11-10-33-23)35-21-7-8-22-18(12-21)14-28-30(22)20-5-3-19(27)4-6-20/h2-9,12-14,16,26,31H,10-11,15H2,1H3,(H,29,32)/t16-,26+/m0/s1. The van der Waals surface area contributed by atoms with Crippen LogP contribution in [0.2, 0.25) is 0 Å². The molecule has 0 fully saturated rings. The minimum atomic E-state index is -0.618. The van der Waals surface area contributed by atoms with E-state index in [1.165, 1.54) is 12.1 Å². The Bertz CT molecular complexity index is 1360. The molecule has 0 spiro atoms. The van der Waals surface area contributed by atoms with Gasteiger partial charge in [0.2, 0.25) is 5.91 Å². The Labute approximate surface area is 200 Å². The van der Waals surface area contributed by atoms with Crippen LogP contribution in [0.1, 0.15) is 18.6 Å². The number of carbonyl (C=O) groups is 1. The number of benzene rings is 3. The summed E-state index contributed by atoms with van der Waals surface area (Å²) in [7, 11) is 0. The molecule has 8 nitrogen and oxygen atoms in total. The van der Waals surface area contributed by atoms with Gasteiger partial charge in [0.05, 0.1) is 23.4 Å². The van der Waals surface area contributed by atoms with Crippen molar-refractivity contribution in [3.63, 3.8) is 0 Å². The second-order valence-corrected chi connectivity index (χ2v) is 8.21. The number of fused-ring (bicyclic) bond motifs is 2. The zero-order valence-corrected chi connectivity index (χ0v) is 19.0. The number of carbonyl (C=O) groups excluding carboxylic acids is 1. The van der Waals surface area contributed by atoms with Gasteiger partial charge in [0, 0.05) is 5.39 Å². The van der Waals surface area contributed by atoms with Crippen molar-refractivity contribution in [2.45, 2.75) is 19.1 Å². The fourth-order valence-electron chi connectivity index (χ4n) is 4.09. The van der Waals surface area contributed by atoms with Crippen molar-refractivity contribution in [1.29, 1.82) is 0 Å². The summed E-state index contributed by atoms with van der Waals surface area (Å²) in [6, 6.07) is 16.7. The summed E-state index contributed by atoms with van der Waals surface area (Å²) in [5.41, 5.74) is 2.35. The molecule has 3 aromatic carbocycles. The number of amides is 1. The Morgan fingerprint density at radius 3 is 2.66 bits per heavy atom. The Morgan fingerprint density at radius 2 is 1.89 bits per heavy atom. The van der Waals surface area contributed by atoms with Crippen molar-refractivity contribution in [3.8, 4) is 22.9 Å². The summed E-state index contributed by atoms with van der Waals surface area (Å²) >= 11 is 0. The summed E-state index contributed by atoms with van der Waals surface area (Å²) in [6.07, 6.45) is 1.13. The Hall–Kier alpha value is -4.11. The zero-order chi connectivity index (χ0) is 24.4. The van der Waals surface area contributed by atoms with E-state index in [2.05, 4.69) is 10.4 Å². The van der Waals surface area contributed by atoms with Crippen LogP contribution in [0.3, 0.4) is 0 Å². The first-order valence-electron chi connectivity index (χ1n) is 11.2. The molecule has 0 bridgehead atoms. The van der Waals surface area contributed by atoms with Gasteiger partial charge in [-0.25, -0.2) is 9.07 Å². The molecule has 5 rings (SSSR count). The van der Waals surface area contributed by atoms with Crippen LogP contribution in [0.4, 0.5) is 4.39 Å². The van der Waals surface area contributed by atoms with Crippen molar-refractivity contribution in [2.75, 3.05) is 19.8 Å². The Morgan fingerprint density at radius 1 is 1.11 bits per heavy atom. The van der Waals surface area contributed by atoms with Crippen molar-refractivity contribution >= 4 is 16.8 Å². The second kappa shape index (κ2) is 9.63. The highest BCUT2D eigenvalue weighted by Gasteiger charge is 2.25. The molecule has 0 radical (unpaired) electrons. The largest absolute Gasteiger partial charge is 0.486 e. The molecule has 1 aliphatic rings. The maximum atomic E-state index is 13.3. The predicted octanol–water partition coefficient (Wildman–Crippen LogP) is 3.55. The molecule has 0 saturated carbocycles. The number of nitrogens with one attached hydrogen (secondary N) is 1. The van der Waals surface area contributed by atoms with Gasteiger partial charge in [0.25, 0.3) is 0 Å². The summed E-state index contributed by atoms with van der Waals surface area (Å²) in [6.45, 7) is 2.13. The third-order valence-corrected chi connectivity index (χ3v) is 5.75. The number of aromatic nitrogens is 2. The Kier molecular flexibility index (Phi) is 6.24. The van der Waals surface area contributed by atoms with Crippen molar-refractivity contribution in [1.82, 2.24) is 15.1 Å². The molecule has 35 heavy (non-hydrogen) atoms. The highest BCUT2D eigenvalue weighted by atomic mass is 19.1. The highest BCUT2D eigenvalue weighted by Crippen LogP contribution is 2.35. The molecule has 1 amide bonds. The zero-order valence-electron chi connectivity index (χ0n) is 19.0. The van der Waals surface area contributed by atoms with E-state index in [1.807, 2.05) is 36.4 Å². The van der Waals surface area contributed by atoms with E-state index in [4.69, 9.17) is 14.2 Å². The summed E-state index contributed by atoms with van der Waals surface area (Å²) in [5, 5.41) is 17.2. The first-order valence-corrected chi connectivity index (χ1v) is 11.2. The molecule has 1 aromatic heterocycles. The van der Waals surface area contributed by atoms with Gasteiger partial charge in [-0.05, 0) is 67.1 Å². The molecular weight excluding hydrogens is 453 g/mol. The molecule has 1 aliphatic heterocycles. The minimum absolute atomic E-state index is 0.312. The molecule has 0 aliphatic carbocycles. The van der Waals surface area contributed by atoms with E-state index < -0.39 is 24.7 Å². The van der Waals surface area contributed by atoms with Crippen LogP contribution in [-0.4, -0.2) is 46.7 Å². The Balaban J connectivity index is 1.46. The quantitative estimate of drug-likeness (QED) is 0.423. The number of ether oxygens (including phenoxy) is 3. The van der Waals surface area contributed by atoms with Crippen molar-refractivity contribution < 1.29 is 28.5 Å². The molecular formula is C26H24FN3O5. The smallest absolute Gasteiger partial charge is 0.246 e. The number of nitrogens with zero attached hydrogens (tertiary/aromatic N) is 2. The average molecular weight is 477 g/mol. The third-order valence-electron chi connectivity index (χ3n) is 5.75. The van der Waals surface area contributed by atoms with Gasteiger partial charge in [0.1, 0.15) is 37.5 Å². The van der Waals surface area contributed by atoms with Crippen LogP contribution < -0.4 is 19.5 Å². The van der Waals surface area contributed by atoms with E-state index in [0.29, 0.717) is 30.5 Å². The molecule has 0 unspecified atom stereocenters. The SMILES string of the molecule is C[C@H](NC(=O)CO)[C@@H](Oc1ccc2c(cnn2-c2ccc(F)cc2)c1)c1ccc2c(c1)OCCO2. The molecule has 2 N–H and O–H groups in total. The first kappa shape index (κ1) is 22.7. The number of hydrogen-bond acceptors (Lipinski definition) is 6. The molecule has 2 atom stereocenters. The van der Waals surface area contributed by atoms with Gasteiger partial charge < -0.3 is 24.6 Å². The topological polar surface area (TPSA) is 94.8 Å². The highest BCUT2D eigenvalue weighted by molar-refractivity contribution is 5.82. The van der Waals surface area contributed by atoms with E-state index >= 15 is 0 Å². The molecule has 2 heterocycles. The van der Waals surface area contributed by atoms with Gasteiger partial charge >= 0.3 is 0 Å². The average Bonchev–Trinajstić information content (AvgIpc) is 3.30. The summed E-state index contributed by atoms with van der Waals surface area (Å²) in [5.74, 6) is 1.02. The molecule has 4 aromatic rings. The lowest BCUT2D eigenvalue weighted by Crippen LogP contribution is -2.40. The summed E-state index contributed by atoms with van der Waals surface area (Å²) in [4.78, 5) is 11.9. The van der Waals surface area contributed by atoms with Gasteiger partial charge in [-0.3, -0.25) is 4.79 Å². The van der Waals surface area contributed by atoms with E-state index in [-0.39, 0.29) is 5.82 Å². The third kappa shape index (κ3) is 4.76. The van der Waals surface area contributed by atoms with Crippen molar-refractivity contribution in [2.24, 2.45) is 0 Å². The first-order chi connectivity index (χ1) is 17.0. The normalized spacial score (nSPS) is 14.4. The second-order valence-electron chi connectivity index (χ2n) is 8.21. The lowest BCUT2D eigenvalue weighted by atomic mass is 10.0. The predicted molar refractivity (Wildman–Crippen MR) is 127 cm³/mol. The number of aliphatic hydroxyl groups is 1.